The summed E-state index contributed by atoms with van der Waals surface area (Å²) in [7, 11) is 2.12. The molecular weight excluding hydrogens is 242 g/mol. The van der Waals surface area contributed by atoms with Gasteiger partial charge in [0.15, 0.2) is 0 Å². The predicted molar refractivity (Wildman–Crippen MR) is 75.6 cm³/mol. The van der Waals surface area contributed by atoms with Crippen molar-refractivity contribution in [2.45, 2.75) is 19.9 Å². The van der Waals surface area contributed by atoms with Crippen molar-refractivity contribution in [1.82, 2.24) is 14.9 Å². The first-order valence-corrected chi connectivity index (χ1v) is 6.77. The van der Waals surface area contributed by atoms with Gasteiger partial charge in [0.05, 0.1) is 18.2 Å². The number of ether oxygens (including phenoxy) is 1. The van der Waals surface area contributed by atoms with Gasteiger partial charge in [-0.25, -0.2) is 9.97 Å². The van der Waals surface area contributed by atoms with Crippen molar-refractivity contribution in [1.29, 1.82) is 0 Å². The number of anilines is 1. The lowest BCUT2D eigenvalue weighted by molar-refractivity contribution is 0.268. The standard InChI is InChI=1S/C13H23N5O/c1-4-19-13-10(2)12(15-9-16-13)18-6-5-17(3)8-11(18)7-14/h9,11H,4-8,14H2,1-3H3. The number of piperazine rings is 1. The minimum atomic E-state index is 0.293. The molecule has 6 nitrogen and oxygen atoms in total. The molecule has 0 aliphatic carbocycles. The van der Waals surface area contributed by atoms with Crippen LogP contribution < -0.4 is 15.4 Å². The molecule has 2 rings (SSSR count). The van der Waals surface area contributed by atoms with Gasteiger partial charge in [0.2, 0.25) is 5.88 Å². The van der Waals surface area contributed by atoms with Crippen LogP contribution in [0.1, 0.15) is 12.5 Å². The summed E-state index contributed by atoms with van der Waals surface area (Å²) in [6, 6.07) is 0.293. The maximum absolute atomic E-state index is 5.90. The molecule has 1 aliphatic heterocycles. The predicted octanol–water partition coefficient (Wildman–Crippen LogP) is 0.263. The Balaban J connectivity index is 2.27. The molecule has 0 radical (unpaired) electrons. The Morgan fingerprint density at radius 2 is 2.21 bits per heavy atom. The maximum atomic E-state index is 5.90. The van der Waals surface area contributed by atoms with Gasteiger partial charge in [0.25, 0.3) is 0 Å². The van der Waals surface area contributed by atoms with E-state index in [1.54, 1.807) is 6.33 Å². The molecule has 1 saturated heterocycles. The van der Waals surface area contributed by atoms with Crippen LogP contribution in [0.3, 0.4) is 0 Å². The summed E-state index contributed by atoms with van der Waals surface area (Å²) in [6.45, 7) is 8.11. The van der Waals surface area contributed by atoms with Gasteiger partial charge in [-0.2, -0.15) is 0 Å². The first-order chi connectivity index (χ1) is 9.17. The lowest BCUT2D eigenvalue weighted by Gasteiger charge is -2.40. The van der Waals surface area contributed by atoms with E-state index in [1.807, 2.05) is 13.8 Å². The maximum Gasteiger partial charge on any atom is 0.221 e. The van der Waals surface area contributed by atoms with E-state index in [0.717, 1.165) is 31.0 Å². The van der Waals surface area contributed by atoms with Crippen molar-refractivity contribution in [3.63, 3.8) is 0 Å². The van der Waals surface area contributed by atoms with Crippen molar-refractivity contribution in [2.24, 2.45) is 5.73 Å². The van der Waals surface area contributed by atoms with E-state index in [4.69, 9.17) is 10.5 Å². The molecule has 2 heterocycles. The second-order valence-electron chi connectivity index (χ2n) is 4.91. The highest BCUT2D eigenvalue weighted by atomic mass is 16.5. The zero-order valence-electron chi connectivity index (χ0n) is 12.0. The summed E-state index contributed by atoms with van der Waals surface area (Å²) >= 11 is 0. The van der Waals surface area contributed by atoms with E-state index in [9.17, 15) is 0 Å². The molecular formula is C13H23N5O. The number of likely N-dealkylation sites (N-methyl/N-ethyl adjacent to an activating group) is 1. The van der Waals surface area contributed by atoms with Crippen LogP contribution in [0.15, 0.2) is 6.33 Å². The Bertz CT molecular complexity index is 425. The topological polar surface area (TPSA) is 67.5 Å². The van der Waals surface area contributed by atoms with Gasteiger partial charge in [-0.05, 0) is 20.9 Å². The number of hydrogen-bond donors (Lipinski definition) is 1. The smallest absolute Gasteiger partial charge is 0.221 e. The summed E-state index contributed by atoms with van der Waals surface area (Å²) in [4.78, 5) is 13.2. The SMILES string of the molecule is CCOc1ncnc(N2CCN(C)CC2CN)c1C. The average molecular weight is 265 g/mol. The summed E-state index contributed by atoms with van der Waals surface area (Å²) in [5, 5.41) is 0. The van der Waals surface area contributed by atoms with Crippen LogP contribution in [0, 0.1) is 6.92 Å². The first kappa shape index (κ1) is 14.0. The largest absolute Gasteiger partial charge is 0.478 e. The van der Waals surface area contributed by atoms with Crippen molar-refractivity contribution >= 4 is 5.82 Å². The lowest BCUT2D eigenvalue weighted by atomic mass is 10.1. The van der Waals surface area contributed by atoms with E-state index < -0.39 is 0 Å². The van der Waals surface area contributed by atoms with E-state index in [2.05, 4.69) is 26.8 Å². The fourth-order valence-corrected chi connectivity index (χ4v) is 2.49. The number of nitrogens with zero attached hydrogens (tertiary/aromatic N) is 4. The molecule has 0 saturated carbocycles. The molecule has 1 aromatic heterocycles. The molecule has 106 valence electrons. The number of hydrogen-bond acceptors (Lipinski definition) is 6. The van der Waals surface area contributed by atoms with Crippen LogP contribution in [0.2, 0.25) is 0 Å². The van der Waals surface area contributed by atoms with Crippen LogP contribution in [0.25, 0.3) is 0 Å². The molecule has 1 unspecified atom stereocenters. The molecule has 0 aromatic carbocycles. The number of rotatable bonds is 4. The van der Waals surface area contributed by atoms with Crippen LogP contribution in [-0.4, -0.2) is 60.7 Å². The molecule has 1 aliphatic rings. The average Bonchev–Trinajstić information content (AvgIpc) is 2.42. The molecule has 1 atom stereocenters. The van der Waals surface area contributed by atoms with Gasteiger partial charge in [0.1, 0.15) is 12.1 Å². The second kappa shape index (κ2) is 6.16. The third kappa shape index (κ3) is 2.96. The molecule has 6 heteroatoms. The van der Waals surface area contributed by atoms with Crippen LogP contribution >= 0.6 is 0 Å². The van der Waals surface area contributed by atoms with Gasteiger partial charge in [-0.15, -0.1) is 0 Å². The van der Waals surface area contributed by atoms with Gasteiger partial charge in [-0.1, -0.05) is 0 Å². The Hall–Kier alpha value is -1.40. The highest BCUT2D eigenvalue weighted by molar-refractivity contribution is 5.51. The molecule has 1 aromatic rings. The van der Waals surface area contributed by atoms with Crippen molar-refractivity contribution in [3.05, 3.63) is 11.9 Å². The fourth-order valence-electron chi connectivity index (χ4n) is 2.49. The first-order valence-electron chi connectivity index (χ1n) is 6.77. The highest BCUT2D eigenvalue weighted by Crippen LogP contribution is 2.26. The second-order valence-corrected chi connectivity index (χ2v) is 4.91. The summed E-state index contributed by atoms with van der Waals surface area (Å²) in [5.41, 5.74) is 6.89. The van der Waals surface area contributed by atoms with Gasteiger partial charge >= 0.3 is 0 Å². The van der Waals surface area contributed by atoms with Crippen LogP contribution in [0.4, 0.5) is 5.82 Å². The monoisotopic (exact) mass is 265 g/mol. The van der Waals surface area contributed by atoms with E-state index >= 15 is 0 Å². The summed E-state index contributed by atoms with van der Waals surface area (Å²) < 4.78 is 5.54. The fraction of sp³-hybridized carbons (Fsp3) is 0.692. The van der Waals surface area contributed by atoms with Crippen LogP contribution in [-0.2, 0) is 0 Å². The van der Waals surface area contributed by atoms with Crippen molar-refractivity contribution in [3.8, 4) is 5.88 Å². The minimum absolute atomic E-state index is 0.293. The van der Waals surface area contributed by atoms with Gasteiger partial charge < -0.3 is 20.3 Å². The Morgan fingerprint density at radius 3 is 2.89 bits per heavy atom. The Kier molecular flexibility index (Phi) is 4.55. The summed E-state index contributed by atoms with van der Waals surface area (Å²) in [6.07, 6.45) is 1.57. The number of nitrogens with two attached hydrogens (primary N) is 1. The third-order valence-corrected chi connectivity index (χ3v) is 3.52. The molecule has 0 bridgehead atoms. The zero-order valence-corrected chi connectivity index (χ0v) is 12.0. The normalized spacial score (nSPS) is 20.6. The Morgan fingerprint density at radius 1 is 1.42 bits per heavy atom. The van der Waals surface area contributed by atoms with E-state index in [0.29, 0.717) is 25.1 Å². The van der Waals surface area contributed by atoms with E-state index in [1.165, 1.54) is 0 Å². The number of aromatic nitrogens is 2. The Labute approximate surface area is 114 Å². The van der Waals surface area contributed by atoms with Gasteiger partial charge in [0, 0.05) is 26.2 Å². The molecule has 19 heavy (non-hydrogen) atoms. The van der Waals surface area contributed by atoms with Crippen molar-refractivity contribution in [2.75, 3.05) is 44.7 Å². The summed E-state index contributed by atoms with van der Waals surface area (Å²) in [5.74, 6) is 1.61. The molecule has 0 spiro atoms. The third-order valence-electron chi connectivity index (χ3n) is 3.52. The zero-order chi connectivity index (χ0) is 13.8. The van der Waals surface area contributed by atoms with Gasteiger partial charge in [-0.3, -0.25) is 0 Å². The molecule has 1 fully saturated rings. The van der Waals surface area contributed by atoms with E-state index in [-0.39, 0.29) is 0 Å². The molecule has 0 amide bonds. The lowest BCUT2D eigenvalue weighted by Crippen LogP contribution is -2.55. The van der Waals surface area contributed by atoms with Crippen LogP contribution in [0.5, 0.6) is 5.88 Å². The highest BCUT2D eigenvalue weighted by Gasteiger charge is 2.27. The molecule has 2 N–H and O–H groups in total. The minimum Gasteiger partial charge on any atom is -0.478 e. The van der Waals surface area contributed by atoms with Crippen molar-refractivity contribution < 1.29 is 4.74 Å². The quantitative estimate of drug-likeness (QED) is 0.842.